The third kappa shape index (κ3) is 9.93. The van der Waals surface area contributed by atoms with Gasteiger partial charge in [0.1, 0.15) is 17.1 Å². The summed E-state index contributed by atoms with van der Waals surface area (Å²) in [6, 6.07) is 7.44. The predicted molar refractivity (Wildman–Crippen MR) is 146 cm³/mol. The van der Waals surface area contributed by atoms with Crippen molar-refractivity contribution in [2.45, 2.75) is 55.0 Å². The number of aryl methyl sites for hydroxylation is 1. The van der Waals surface area contributed by atoms with Gasteiger partial charge in [-0.15, -0.1) is 28.5 Å². The van der Waals surface area contributed by atoms with Gasteiger partial charge in [0, 0.05) is 5.02 Å². The summed E-state index contributed by atoms with van der Waals surface area (Å²) in [5.41, 5.74) is 5.24. The first-order valence-electron chi connectivity index (χ1n) is 11.5. The van der Waals surface area contributed by atoms with Crippen LogP contribution >= 0.6 is 11.6 Å². The average Bonchev–Trinajstić information content (AvgIpc) is 3.34. The number of aliphatic carboxylic acids is 1. The van der Waals surface area contributed by atoms with Crippen molar-refractivity contribution < 1.29 is 9.90 Å². The molecule has 0 aliphatic carbocycles. The van der Waals surface area contributed by atoms with E-state index in [0.717, 1.165) is 26.8 Å². The highest BCUT2D eigenvalue weighted by molar-refractivity contribution is 6.31. The molecule has 196 valence electrons. The minimum atomic E-state index is -1.08. The molecule has 0 saturated carbocycles. The summed E-state index contributed by atoms with van der Waals surface area (Å²) in [6.45, 7) is 19.8. The molecule has 3 N–H and O–H groups in total. The largest absolute Gasteiger partial charge is 0.480 e. The van der Waals surface area contributed by atoms with Crippen molar-refractivity contribution in [2.75, 3.05) is 6.54 Å². The van der Waals surface area contributed by atoms with Gasteiger partial charge in [-0.2, -0.15) is 5.10 Å². The van der Waals surface area contributed by atoms with E-state index in [1.165, 1.54) is 0 Å². The van der Waals surface area contributed by atoms with Crippen LogP contribution in [0.1, 0.15) is 57.0 Å². The van der Waals surface area contributed by atoms with E-state index in [0.29, 0.717) is 29.3 Å². The Labute approximate surface area is 218 Å². The molecule has 11 heteroatoms. The van der Waals surface area contributed by atoms with E-state index in [1.807, 2.05) is 47.6 Å². The van der Waals surface area contributed by atoms with Gasteiger partial charge in [-0.25, -0.2) is 15.6 Å². The van der Waals surface area contributed by atoms with E-state index < -0.39 is 12.5 Å². The number of carboxylic acid groups (broad SMARTS) is 1. The second kappa shape index (κ2) is 16.9. The van der Waals surface area contributed by atoms with E-state index in [1.54, 1.807) is 29.9 Å². The van der Waals surface area contributed by atoms with Crippen LogP contribution in [0.15, 0.2) is 48.7 Å². The lowest BCUT2D eigenvalue weighted by molar-refractivity contribution is -0.138. The van der Waals surface area contributed by atoms with E-state index in [-0.39, 0.29) is 0 Å². The molecular weight excluding hydrogens is 480 g/mol. The Morgan fingerprint density at radius 1 is 1.11 bits per heavy atom. The molecule has 2 heterocycles. The van der Waals surface area contributed by atoms with Gasteiger partial charge in [0.05, 0.1) is 18.5 Å². The fraction of sp³-hybridized carbons (Fsp3) is 0.360. The van der Waals surface area contributed by atoms with Crippen molar-refractivity contribution in [3.05, 3.63) is 71.0 Å². The summed E-state index contributed by atoms with van der Waals surface area (Å²) in [6.07, 6.45) is 1.78. The number of carboxylic acids is 1. The standard InChI is InChI=1S/C19H21ClN8O2.2C2H6.C2H4/c1-11-6-14(7-15(20)12(11)2)8-27-9-18(24-26-27)17-5-4-16(22-23-17)13(3)25-28(21)10-19(29)30;3*1-2/h4-7,9H,8,10,21H2,1-3H3,(H,29,30);2*1-2H3;1-2H2/b25-13+;;;. The van der Waals surface area contributed by atoms with Crippen LogP contribution < -0.4 is 5.84 Å². The van der Waals surface area contributed by atoms with Gasteiger partial charge in [0.25, 0.3) is 0 Å². The topological polar surface area (TPSA) is 135 Å². The molecule has 1 aromatic carbocycles. The fourth-order valence-corrected chi connectivity index (χ4v) is 3.03. The summed E-state index contributed by atoms with van der Waals surface area (Å²) in [4.78, 5) is 10.7. The Kier molecular flexibility index (Phi) is 15.2. The highest BCUT2D eigenvalue weighted by atomic mass is 35.5. The number of benzene rings is 1. The van der Waals surface area contributed by atoms with Gasteiger partial charge in [0.15, 0.2) is 6.54 Å². The second-order valence-electron chi connectivity index (χ2n) is 6.80. The minimum absolute atomic E-state index is 0.419. The molecular formula is C25H37ClN8O2. The molecule has 0 spiro atoms. The molecule has 0 aliphatic rings. The van der Waals surface area contributed by atoms with E-state index in [9.17, 15) is 4.79 Å². The maximum absolute atomic E-state index is 10.7. The van der Waals surface area contributed by atoms with E-state index in [4.69, 9.17) is 22.6 Å². The van der Waals surface area contributed by atoms with Gasteiger partial charge in [0.2, 0.25) is 0 Å². The van der Waals surface area contributed by atoms with Crippen LogP contribution in [0, 0.1) is 13.8 Å². The van der Waals surface area contributed by atoms with E-state index >= 15 is 0 Å². The van der Waals surface area contributed by atoms with Crippen molar-refractivity contribution in [3.63, 3.8) is 0 Å². The Hall–Kier alpha value is -3.63. The normalized spacial score (nSPS) is 10.1. The molecule has 0 radical (unpaired) electrons. The smallest absolute Gasteiger partial charge is 0.326 e. The molecule has 2 aromatic heterocycles. The van der Waals surface area contributed by atoms with Crippen LogP contribution in [0.4, 0.5) is 0 Å². The monoisotopic (exact) mass is 516 g/mol. The number of carbonyl (C=O) groups is 1. The molecule has 0 aliphatic heterocycles. The zero-order valence-electron chi connectivity index (χ0n) is 22.2. The number of halogens is 1. The van der Waals surface area contributed by atoms with Crippen molar-refractivity contribution in [2.24, 2.45) is 10.9 Å². The molecule has 36 heavy (non-hydrogen) atoms. The SMILES string of the molecule is C/C(=N\N(N)CC(=O)O)c1ccc(-c2cn(Cc3cc(C)c(C)c(Cl)c3)nn2)nn1.C=C.CC.CC. The van der Waals surface area contributed by atoms with Gasteiger partial charge in [-0.05, 0) is 55.7 Å². The van der Waals surface area contributed by atoms with Crippen LogP contribution in [-0.2, 0) is 11.3 Å². The summed E-state index contributed by atoms with van der Waals surface area (Å²) in [5, 5.41) is 30.8. The third-order valence-corrected chi connectivity index (χ3v) is 4.81. The molecule has 0 fully saturated rings. The molecule has 0 amide bonds. The molecule has 0 saturated heterocycles. The number of rotatable bonds is 7. The first kappa shape index (κ1) is 32.4. The summed E-state index contributed by atoms with van der Waals surface area (Å²) < 4.78 is 1.70. The molecule has 3 aromatic rings. The Morgan fingerprint density at radius 2 is 1.75 bits per heavy atom. The van der Waals surface area contributed by atoms with Crippen molar-refractivity contribution in [1.82, 2.24) is 30.3 Å². The number of hydrazone groups is 1. The zero-order chi connectivity index (χ0) is 27.8. The number of nitrogens with zero attached hydrogens (tertiary/aromatic N) is 7. The third-order valence-electron chi connectivity index (χ3n) is 4.42. The van der Waals surface area contributed by atoms with Crippen LogP contribution in [0.3, 0.4) is 0 Å². The molecule has 0 atom stereocenters. The minimum Gasteiger partial charge on any atom is -0.480 e. The first-order valence-corrected chi connectivity index (χ1v) is 11.9. The highest BCUT2D eigenvalue weighted by Crippen LogP contribution is 2.22. The molecule has 0 unspecified atom stereocenters. The summed E-state index contributed by atoms with van der Waals surface area (Å²) in [7, 11) is 0. The van der Waals surface area contributed by atoms with Gasteiger partial charge >= 0.3 is 5.97 Å². The van der Waals surface area contributed by atoms with Crippen LogP contribution in [-0.4, -0.2) is 53.6 Å². The Balaban J connectivity index is 0.00000190. The number of nitrogens with two attached hydrogens (primary N) is 1. The predicted octanol–water partition coefficient (Wildman–Crippen LogP) is 4.89. The Morgan fingerprint density at radius 3 is 2.28 bits per heavy atom. The maximum Gasteiger partial charge on any atom is 0.326 e. The first-order chi connectivity index (χ1) is 17.2. The molecule has 3 rings (SSSR count). The van der Waals surface area contributed by atoms with Gasteiger partial charge < -0.3 is 5.11 Å². The zero-order valence-corrected chi connectivity index (χ0v) is 22.9. The number of hydrazine groups is 1. The Bertz CT molecular complexity index is 1090. The molecule has 0 bridgehead atoms. The summed E-state index contributed by atoms with van der Waals surface area (Å²) in [5.74, 6) is 4.43. The number of aromatic nitrogens is 5. The van der Waals surface area contributed by atoms with Crippen LogP contribution in [0.5, 0.6) is 0 Å². The van der Waals surface area contributed by atoms with Crippen LogP contribution in [0.2, 0.25) is 5.02 Å². The lowest BCUT2D eigenvalue weighted by Gasteiger charge is -2.10. The summed E-state index contributed by atoms with van der Waals surface area (Å²) >= 11 is 6.27. The highest BCUT2D eigenvalue weighted by Gasteiger charge is 2.10. The molecule has 10 nitrogen and oxygen atoms in total. The average molecular weight is 517 g/mol. The quantitative estimate of drug-likeness (QED) is 0.196. The van der Waals surface area contributed by atoms with E-state index in [2.05, 4.69) is 44.8 Å². The van der Waals surface area contributed by atoms with Crippen molar-refractivity contribution in [1.29, 1.82) is 0 Å². The number of hydrogen-bond donors (Lipinski definition) is 2. The lowest BCUT2D eigenvalue weighted by atomic mass is 10.1. The van der Waals surface area contributed by atoms with Crippen molar-refractivity contribution >= 4 is 23.3 Å². The van der Waals surface area contributed by atoms with Gasteiger partial charge in [-0.3, -0.25) is 4.79 Å². The van der Waals surface area contributed by atoms with Crippen LogP contribution in [0.25, 0.3) is 11.4 Å². The second-order valence-corrected chi connectivity index (χ2v) is 7.21. The fourth-order valence-electron chi connectivity index (χ4n) is 2.74. The maximum atomic E-state index is 10.7. The van der Waals surface area contributed by atoms with Gasteiger partial charge in [-0.1, -0.05) is 50.6 Å². The number of hydrogen-bond acceptors (Lipinski definition) is 8. The van der Waals surface area contributed by atoms with Crippen molar-refractivity contribution in [3.8, 4) is 11.4 Å². The lowest BCUT2D eigenvalue weighted by Crippen LogP contribution is -2.32.